The van der Waals surface area contributed by atoms with E-state index >= 15 is 0 Å². The number of rotatable bonds is 4. The summed E-state index contributed by atoms with van der Waals surface area (Å²) in [5.74, 6) is 1.32. The first-order chi connectivity index (χ1) is 8.83. The lowest BCUT2D eigenvalue weighted by atomic mass is 10.2. The number of hydrogen-bond donors (Lipinski definition) is 1. The number of nitrogens with zero attached hydrogens (tertiary/aromatic N) is 2. The largest absolute Gasteiger partial charge is 0.356 e. The van der Waals surface area contributed by atoms with Crippen molar-refractivity contribution in [3.8, 4) is 0 Å². The number of hydrogen-bond acceptors (Lipinski definition) is 3. The Labute approximate surface area is 110 Å². The van der Waals surface area contributed by atoms with Gasteiger partial charge in [0.25, 0.3) is 0 Å². The SMILES string of the molecule is CC/C=C(/N1CCNCC1)N(C)c1ccccc1. The van der Waals surface area contributed by atoms with Crippen molar-refractivity contribution in [2.45, 2.75) is 13.3 Å². The van der Waals surface area contributed by atoms with Crippen molar-refractivity contribution in [2.24, 2.45) is 0 Å². The fourth-order valence-electron chi connectivity index (χ4n) is 2.34. The van der Waals surface area contributed by atoms with Crippen molar-refractivity contribution in [3.05, 3.63) is 42.2 Å². The average molecular weight is 245 g/mol. The van der Waals surface area contributed by atoms with E-state index in [1.165, 1.54) is 11.5 Å². The van der Waals surface area contributed by atoms with Gasteiger partial charge in [0, 0.05) is 38.9 Å². The minimum Gasteiger partial charge on any atom is -0.356 e. The molecule has 0 radical (unpaired) electrons. The molecule has 0 unspecified atom stereocenters. The monoisotopic (exact) mass is 245 g/mol. The molecule has 1 heterocycles. The Hall–Kier alpha value is -1.48. The summed E-state index contributed by atoms with van der Waals surface area (Å²) in [5, 5.41) is 3.40. The van der Waals surface area contributed by atoms with E-state index in [-0.39, 0.29) is 0 Å². The Kier molecular flexibility index (Phi) is 4.65. The number of allylic oxidation sites excluding steroid dienone is 1. The van der Waals surface area contributed by atoms with Crippen molar-refractivity contribution in [3.63, 3.8) is 0 Å². The lowest BCUT2D eigenvalue weighted by molar-refractivity contribution is 0.292. The second kappa shape index (κ2) is 6.45. The van der Waals surface area contributed by atoms with Gasteiger partial charge in [-0.1, -0.05) is 25.1 Å². The average Bonchev–Trinajstić information content (AvgIpc) is 2.46. The molecule has 0 saturated carbocycles. The Bertz CT molecular complexity index is 380. The van der Waals surface area contributed by atoms with Crippen LogP contribution in [0.2, 0.25) is 0 Å². The van der Waals surface area contributed by atoms with Crippen LogP contribution in [0.15, 0.2) is 42.2 Å². The summed E-state index contributed by atoms with van der Waals surface area (Å²) in [6.07, 6.45) is 3.38. The van der Waals surface area contributed by atoms with Crippen molar-refractivity contribution < 1.29 is 0 Å². The zero-order chi connectivity index (χ0) is 12.8. The second-order valence-electron chi connectivity index (χ2n) is 4.60. The Morgan fingerprint density at radius 2 is 1.94 bits per heavy atom. The predicted octanol–water partition coefficient (Wildman–Crippen LogP) is 2.28. The molecule has 0 bridgehead atoms. The van der Waals surface area contributed by atoms with Crippen LogP contribution in [-0.2, 0) is 0 Å². The number of anilines is 1. The molecule has 1 aliphatic heterocycles. The molecule has 0 aliphatic carbocycles. The highest BCUT2D eigenvalue weighted by Crippen LogP contribution is 2.20. The standard InChI is InChI=1S/C15H23N3/c1-3-7-15(18-12-10-16-11-13-18)17(2)14-8-5-4-6-9-14/h4-9,16H,3,10-13H2,1-2H3/b15-7+. The van der Waals surface area contributed by atoms with Gasteiger partial charge >= 0.3 is 0 Å². The molecule has 18 heavy (non-hydrogen) atoms. The molecule has 2 rings (SSSR count). The van der Waals surface area contributed by atoms with E-state index in [9.17, 15) is 0 Å². The number of benzene rings is 1. The topological polar surface area (TPSA) is 18.5 Å². The molecule has 1 aliphatic rings. The van der Waals surface area contributed by atoms with Crippen molar-refractivity contribution in [1.29, 1.82) is 0 Å². The minimum atomic E-state index is 1.07. The summed E-state index contributed by atoms with van der Waals surface area (Å²) in [5.41, 5.74) is 1.25. The van der Waals surface area contributed by atoms with E-state index in [1.54, 1.807) is 0 Å². The van der Waals surface area contributed by atoms with Crippen LogP contribution in [0.5, 0.6) is 0 Å². The van der Waals surface area contributed by atoms with E-state index in [0.29, 0.717) is 0 Å². The van der Waals surface area contributed by atoms with Gasteiger partial charge in [-0.25, -0.2) is 0 Å². The van der Waals surface area contributed by atoms with Crippen molar-refractivity contribution >= 4 is 5.69 Å². The molecule has 98 valence electrons. The smallest absolute Gasteiger partial charge is 0.104 e. The van der Waals surface area contributed by atoms with Gasteiger partial charge in [0.15, 0.2) is 0 Å². The summed E-state index contributed by atoms with van der Waals surface area (Å²) in [6.45, 7) is 6.51. The minimum absolute atomic E-state index is 1.07. The molecule has 1 aromatic carbocycles. The molecular formula is C15H23N3. The maximum absolute atomic E-state index is 3.40. The van der Waals surface area contributed by atoms with Crippen LogP contribution in [0, 0.1) is 0 Å². The van der Waals surface area contributed by atoms with Gasteiger partial charge in [-0.2, -0.15) is 0 Å². The molecular weight excluding hydrogens is 222 g/mol. The van der Waals surface area contributed by atoms with Crippen LogP contribution in [-0.4, -0.2) is 38.1 Å². The molecule has 0 spiro atoms. The van der Waals surface area contributed by atoms with E-state index < -0.39 is 0 Å². The van der Waals surface area contributed by atoms with Gasteiger partial charge in [0.2, 0.25) is 0 Å². The third-order valence-corrected chi connectivity index (χ3v) is 3.31. The van der Waals surface area contributed by atoms with Crippen LogP contribution in [0.25, 0.3) is 0 Å². The molecule has 0 atom stereocenters. The highest BCUT2D eigenvalue weighted by Gasteiger charge is 2.16. The summed E-state index contributed by atoms with van der Waals surface area (Å²) >= 11 is 0. The Morgan fingerprint density at radius 3 is 2.56 bits per heavy atom. The van der Waals surface area contributed by atoms with Gasteiger partial charge < -0.3 is 15.1 Å². The summed E-state index contributed by atoms with van der Waals surface area (Å²) in [7, 11) is 2.15. The summed E-state index contributed by atoms with van der Waals surface area (Å²) < 4.78 is 0. The van der Waals surface area contributed by atoms with E-state index in [4.69, 9.17) is 0 Å². The van der Waals surface area contributed by atoms with Crippen LogP contribution in [0.1, 0.15) is 13.3 Å². The van der Waals surface area contributed by atoms with Gasteiger partial charge in [-0.3, -0.25) is 0 Å². The van der Waals surface area contributed by atoms with Crippen molar-refractivity contribution in [2.75, 3.05) is 38.1 Å². The Balaban J connectivity index is 2.17. The predicted molar refractivity (Wildman–Crippen MR) is 77.7 cm³/mol. The normalized spacial score (nSPS) is 16.8. The maximum atomic E-state index is 3.40. The number of nitrogens with one attached hydrogen (secondary N) is 1. The van der Waals surface area contributed by atoms with Crippen LogP contribution in [0.3, 0.4) is 0 Å². The van der Waals surface area contributed by atoms with Gasteiger partial charge in [0.1, 0.15) is 5.82 Å². The summed E-state index contributed by atoms with van der Waals surface area (Å²) in [4.78, 5) is 4.75. The molecule has 1 saturated heterocycles. The molecule has 1 fully saturated rings. The van der Waals surface area contributed by atoms with E-state index in [1.807, 2.05) is 0 Å². The zero-order valence-corrected chi connectivity index (χ0v) is 11.4. The summed E-state index contributed by atoms with van der Waals surface area (Å²) in [6, 6.07) is 10.6. The first kappa shape index (κ1) is 13.0. The maximum Gasteiger partial charge on any atom is 0.104 e. The highest BCUT2D eigenvalue weighted by atomic mass is 15.3. The molecule has 1 aromatic rings. The van der Waals surface area contributed by atoms with Gasteiger partial charge in [-0.15, -0.1) is 0 Å². The van der Waals surface area contributed by atoms with E-state index in [0.717, 1.165) is 32.6 Å². The fourth-order valence-corrected chi connectivity index (χ4v) is 2.34. The van der Waals surface area contributed by atoms with Crippen LogP contribution < -0.4 is 10.2 Å². The zero-order valence-electron chi connectivity index (χ0n) is 11.4. The molecule has 3 heteroatoms. The molecule has 3 nitrogen and oxygen atoms in total. The first-order valence-electron chi connectivity index (χ1n) is 6.77. The molecule has 1 N–H and O–H groups in total. The van der Waals surface area contributed by atoms with Crippen molar-refractivity contribution in [1.82, 2.24) is 10.2 Å². The van der Waals surface area contributed by atoms with Crippen LogP contribution in [0.4, 0.5) is 5.69 Å². The highest BCUT2D eigenvalue weighted by molar-refractivity contribution is 5.50. The number of para-hydroxylation sites is 1. The lowest BCUT2D eigenvalue weighted by Gasteiger charge is -2.36. The fraction of sp³-hybridized carbons (Fsp3) is 0.467. The third kappa shape index (κ3) is 3.05. The first-order valence-corrected chi connectivity index (χ1v) is 6.77. The third-order valence-electron chi connectivity index (χ3n) is 3.31. The number of piperazine rings is 1. The van der Waals surface area contributed by atoms with Gasteiger partial charge in [0.05, 0.1) is 0 Å². The van der Waals surface area contributed by atoms with Crippen LogP contribution >= 0.6 is 0 Å². The molecule has 0 amide bonds. The van der Waals surface area contributed by atoms with E-state index in [2.05, 4.69) is 65.5 Å². The molecule has 0 aromatic heterocycles. The lowest BCUT2D eigenvalue weighted by Crippen LogP contribution is -2.46. The Morgan fingerprint density at radius 1 is 1.28 bits per heavy atom. The second-order valence-corrected chi connectivity index (χ2v) is 4.60. The van der Waals surface area contributed by atoms with Gasteiger partial charge in [-0.05, 0) is 24.6 Å². The quantitative estimate of drug-likeness (QED) is 0.878.